The van der Waals surface area contributed by atoms with Crippen molar-refractivity contribution in [1.29, 1.82) is 5.26 Å². The number of nitrogens with zero attached hydrogens (tertiary/aromatic N) is 2. The van der Waals surface area contributed by atoms with Crippen molar-refractivity contribution in [3.63, 3.8) is 0 Å². The van der Waals surface area contributed by atoms with Crippen molar-refractivity contribution in [2.24, 2.45) is 0 Å². The van der Waals surface area contributed by atoms with Gasteiger partial charge in [-0.3, -0.25) is 0 Å². The number of nitriles is 1. The molecule has 1 heterocycles. The maximum atomic E-state index is 12.8. The Labute approximate surface area is 165 Å². The van der Waals surface area contributed by atoms with Gasteiger partial charge in [0.25, 0.3) is 0 Å². The number of benzene rings is 2. The van der Waals surface area contributed by atoms with Gasteiger partial charge in [0.05, 0.1) is 22.1 Å². The second-order valence-corrected chi connectivity index (χ2v) is 8.76. The van der Waals surface area contributed by atoms with Gasteiger partial charge in [0.15, 0.2) is 0 Å². The molecule has 0 aromatic heterocycles. The van der Waals surface area contributed by atoms with Crippen LogP contribution in [0.2, 0.25) is 0 Å². The zero-order valence-corrected chi connectivity index (χ0v) is 16.5. The number of carbonyl (C=O) groups excluding carboxylic acids is 1. The number of ether oxygens (including phenoxy) is 1. The number of rotatable bonds is 5. The Hall–Kier alpha value is -2.69. The monoisotopic (exact) mass is 398 g/mol. The molecule has 1 aliphatic heterocycles. The lowest BCUT2D eigenvalue weighted by molar-refractivity contribution is 0.0472. The van der Waals surface area contributed by atoms with E-state index >= 15 is 0 Å². The molecule has 0 amide bonds. The molecule has 0 saturated carbocycles. The van der Waals surface area contributed by atoms with E-state index < -0.39 is 16.0 Å². The quantitative estimate of drug-likeness (QED) is 0.720. The van der Waals surface area contributed by atoms with Gasteiger partial charge in [-0.15, -0.1) is 0 Å². The molecule has 1 aliphatic rings. The van der Waals surface area contributed by atoms with Crippen LogP contribution in [0.25, 0.3) is 0 Å². The normalized spacial score (nSPS) is 17.6. The molecule has 2 aromatic rings. The first-order chi connectivity index (χ1) is 13.4. The van der Waals surface area contributed by atoms with Crippen LogP contribution in [0.4, 0.5) is 0 Å². The Kier molecular flexibility index (Phi) is 6.12. The fraction of sp³-hybridized carbons (Fsp3) is 0.333. The lowest BCUT2D eigenvalue weighted by atomic mass is 10.1. The first kappa shape index (κ1) is 20.1. The van der Waals surface area contributed by atoms with E-state index in [1.807, 2.05) is 13.0 Å². The van der Waals surface area contributed by atoms with E-state index in [9.17, 15) is 13.2 Å². The number of carbonyl (C=O) groups is 1. The van der Waals surface area contributed by atoms with Crippen LogP contribution in [0.15, 0.2) is 53.4 Å². The van der Waals surface area contributed by atoms with Crippen molar-refractivity contribution in [1.82, 2.24) is 4.31 Å². The molecule has 3 rings (SSSR count). The lowest BCUT2D eigenvalue weighted by Gasteiger charge is -2.32. The summed E-state index contributed by atoms with van der Waals surface area (Å²) < 4.78 is 32.5. The molecule has 0 unspecified atom stereocenters. The van der Waals surface area contributed by atoms with Crippen LogP contribution in [-0.4, -0.2) is 31.3 Å². The van der Waals surface area contributed by atoms with Gasteiger partial charge >= 0.3 is 5.97 Å². The molecule has 0 spiro atoms. The highest BCUT2D eigenvalue weighted by Gasteiger charge is 2.30. The Balaban J connectivity index is 1.66. The molecular weight excluding hydrogens is 376 g/mol. The van der Waals surface area contributed by atoms with Gasteiger partial charge in [-0.05, 0) is 61.7 Å². The summed E-state index contributed by atoms with van der Waals surface area (Å²) >= 11 is 0. The molecule has 1 fully saturated rings. The van der Waals surface area contributed by atoms with E-state index in [4.69, 9.17) is 10.00 Å². The van der Waals surface area contributed by atoms with E-state index in [0.29, 0.717) is 17.7 Å². The first-order valence-electron chi connectivity index (χ1n) is 9.20. The number of hydrogen-bond acceptors (Lipinski definition) is 5. The van der Waals surface area contributed by atoms with Crippen molar-refractivity contribution in [3.8, 4) is 6.07 Å². The minimum Gasteiger partial charge on any atom is -0.457 e. The Morgan fingerprint density at radius 2 is 1.82 bits per heavy atom. The Morgan fingerprint density at radius 1 is 1.14 bits per heavy atom. The highest BCUT2D eigenvalue weighted by Crippen LogP contribution is 2.25. The van der Waals surface area contributed by atoms with Gasteiger partial charge in [-0.25, -0.2) is 13.2 Å². The lowest BCUT2D eigenvalue weighted by Crippen LogP contribution is -2.41. The largest absolute Gasteiger partial charge is 0.457 e. The smallest absolute Gasteiger partial charge is 0.338 e. The number of piperidine rings is 1. The van der Waals surface area contributed by atoms with Crippen LogP contribution in [0.1, 0.15) is 47.7 Å². The summed E-state index contributed by atoms with van der Waals surface area (Å²) in [5.41, 5.74) is 1.60. The summed E-state index contributed by atoms with van der Waals surface area (Å²) in [5.74, 6) is -0.528. The Bertz CT molecular complexity index is 977. The zero-order valence-electron chi connectivity index (χ0n) is 15.7. The van der Waals surface area contributed by atoms with E-state index in [2.05, 4.69) is 0 Å². The molecule has 0 aliphatic carbocycles. The summed E-state index contributed by atoms with van der Waals surface area (Å²) in [7, 11) is -3.56. The minimum absolute atomic E-state index is 0.0178. The van der Waals surface area contributed by atoms with Crippen molar-refractivity contribution >= 4 is 16.0 Å². The molecule has 0 radical (unpaired) electrons. The van der Waals surface area contributed by atoms with Crippen molar-refractivity contribution in [2.45, 2.75) is 43.7 Å². The topological polar surface area (TPSA) is 87.5 Å². The summed E-state index contributed by atoms with van der Waals surface area (Å²) in [6.07, 6.45) is 2.76. The van der Waals surface area contributed by atoms with Crippen LogP contribution in [0.3, 0.4) is 0 Å². The zero-order chi connectivity index (χ0) is 20.1. The van der Waals surface area contributed by atoms with E-state index in [0.717, 1.165) is 24.8 Å². The SMILES string of the molecule is C[C@H]1CCCCN1S(=O)(=O)c1ccc(C(=O)OCc2ccc(C#N)cc2)cc1. The average molecular weight is 398 g/mol. The summed E-state index contributed by atoms with van der Waals surface area (Å²) in [4.78, 5) is 12.4. The number of sulfonamides is 1. The van der Waals surface area contributed by atoms with Gasteiger partial charge < -0.3 is 4.74 Å². The van der Waals surface area contributed by atoms with Gasteiger partial charge in [-0.2, -0.15) is 9.57 Å². The van der Waals surface area contributed by atoms with E-state index in [1.54, 1.807) is 24.3 Å². The molecule has 1 atom stereocenters. The van der Waals surface area contributed by atoms with Crippen LogP contribution in [0, 0.1) is 11.3 Å². The number of hydrogen-bond donors (Lipinski definition) is 0. The third kappa shape index (κ3) is 4.41. The average Bonchev–Trinajstić information content (AvgIpc) is 2.72. The molecule has 28 heavy (non-hydrogen) atoms. The third-order valence-corrected chi connectivity index (χ3v) is 6.92. The van der Waals surface area contributed by atoms with Gasteiger partial charge in [0.1, 0.15) is 6.61 Å². The van der Waals surface area contributed by atoms with Crippen molar-refractivity contribution in [2.75, 3.05) is 6.54 Å². The highest BCUT2D eigenvalue weighted by molar-refractivity contribution is 7.89. The van der Waals surface area contributed by atoms with Crippen LogP contribution < -0.4 is 0 Å². The van der Waals surface area contributed by atoms with Crippen molar-refractivity contribution < 1.29 is 17.9 Å². The minimum atomic E-state index is -3.56. The summed E-state index contributed by atoms with van der Waals surface area (Å²) in [6, 6.07) is 14.6. The molecule has 6 nitrogen and oxygen atoms in total. The Morgan fingerprint density at radius 3 is 2.43 bits per heavy atom. The predicted molar refractivity (Wildman–Crippen MR) is 104 cm³/mol. The molecule has 7 heteroatoms. The van der Waals surface area contributed by atoms with Gasteiger partial charge in [0, 0.05) is 12.6 Å². The van der Waals surface area contributed by atoms with Crippen molar-refractivity contribution in [3.05, 3.63) is 65.2 Å². The second-order valence-electron chi connectivity index (χ2n) is 6.87. The standard InChI is InChI=1S/C21H22N2O4S/c1-16-4-2-3-13-23(16)28(25,26)20-11-9-19(10-12-20)21(24)27-15-18-7-5-17(14-22)6-8-18/h5-12,16H,2-4,13,15H2,1H3/t16-/m0/s1. The fourth-order valence-electron chi connectivity index (χ4n) is 3.23. The first-order valence-corrected chi connectivity index (χ1v) is 10.6. The number of esters is 1. The summed E-state index contributed by atoms with van der Waals surface area (Å²) in [5, 5.41) is 8.79. The van der Waals surface area contributed by atoms with Crippen LogP contribution >= 0.6 is 0 Å². The molecule has 146 valence electrons. The van der Waals surface area contributed by atoms with Gasteiger partial charge in [0.2, 0.25) is 10.0 Å². The third-order valence-electron chi connectivity index (χ3n) is 4.89. The summed E-state index contributed by atoms with van der Waals surface area (Å²) in [6.45, 7) is 2.53. The maximum Gasteiger partial charge on any atom is 0.338 e. The maximum absolute atomic E-state index is 12.8. The van der Waals surface area contributed by atoms with Crippen LogP contribution in [-0.2, 0) is 21.4 Å². The van der Waals surface area contributed by atoms with Crippen LogP contribution in [0.5, 0.6) is 0 Å². The molecule has 1 saturated heterocycles. The van der Waals surface area contributed by atoms with Gasteiger partial charge in [-0.1, -0.05) is 18.6 Å². The molecule has 0 N–H and O–H groups in total. The molecule has 2 aromatic carbocycles. The predicted octanol–water partition coefficient (Wildman–Crippen LogP) is 3.48. The second kappa shape index (κ2) is 8.55. The molecule has 0 bridgehead atoms. The highest BCUT2D eigenvalue weighted by atomic mass is 32.2. The van der Waals surface area contributed by atoms with E-state index in [1.165, 1.54) is 28.6 Å². The molecular formula is C21H22N2O4S. The fourth-order valence-corrected chi connectivity index (χ4v) is 4.93. The van der Waals surface area contributed by atoms with E-state index in [-0.39, 0.29) is 17.5 Å².